The monoisotopic (exact) mass is 366 g/mol. The number of ether oxygens (including phenoxy) is 1. The SMILES string of the molecule is COc1cccc(CN(C)C(=O)NC(C)c2ccc(Cl)c(Cl)c2)c1. The van der Waals surface area contributed by atoms with E-state index in [-0.39, 0.29) is 12.1 Å². The Bertz CT molecular complexity index is 722. The molecule has 2 aromatic rings. The van der Waals surface area contributed by atoms with Gasteiger partial charge in [-0.2, -0.15) is 0 Å². The van der Waals surface area contributed by atoms with Crippen LogP contribution in [0, 0.1) is 0 Å². The summed E-state index contributed by atoms with van der Waals surface area (Å²) in [6.45, 7) is 2.38. The van der Waals surface area contributed by atoms with Crippen LogP contribution in [0.3, 0.4) is 0 Å². The molecule has 0 aliphatic heterocycles. The van der Waals surface area contributed by atoms with E-state index in [4.69, 9.17) is 27.9 Å². The summed E-state index contributed by atoms with van der Waals surface area (Å²) in [6, 6.07) is 12.6. The van der Waals surface area contributed by atoms with Crippen molar-refractivity contribution in [2.75, 3.05) is 14.2 Å². The maximum absolute atomic E-state index is 12.4. The van der Waals surface area contributed by atoms with Crippen molar-refractivity contribution >= 4 is 29.2 Å². The first kappa shape index (κ1) is 18.4. The number of urea groups is 1. The zero-order valence-corrected chi connectivity index (χ0v) is 15.4. The van der Waals surface area contributed by atoms with Gasteiger partial charge in [-0.3, -0.25) is 0 Å². The first-order valence-corrected chi connectivity index (χ1v) is 8.26. The van der Waals surface area contributed by atoms with Crippen LogP contribution in [-0.4, -0.2) is 25.1 Å². The van der Waals surface area contributed by atoms with Crippen molar-refractivity contribution in [2.24, 2.45) is 0 Å². The molecule has 0 aromatic heterocycles. The normalized spacial score (nSPS) is 11.7. The van der Waals surface area contributed by atoms with Gasteiger partial charge >= 0.3 is 6.03 Å². The van der Waals surface area contributed by atoms with Crippen LogP contribution in [0.5, 0.6) is 5.75 Å². The van der Waals surface area contributed by atoms with E-state index in [9.17, 15) is 4.79 Å². The van der Waals surface area contributed by atoms with Gasteiger partial charge in [0.1, 0.15) is 5.75 Å². The fourth-order valence-electron chi connectivity index (χ4n) is 2.28. The van der Waals surface area contributed by atoms with E-state index in [1.54, 1.807) is 31.2 Å². The summed E-state index contributed by atoms with van der Waals surface area (Å²) in [5.74, 6) is 0.769. The third-order valence-electron chi connectivity index (χ3n) is 3.68. The van der Waals surface area contributed by atoms with Crippen molar-refractivity contribution in [3.63, 3.8) is 0 Å². The van der Waals surface area contributed by atoms with Gasteiger partial charge in [0.15, 0.2) is 0 Å². The first-order valence-electron chi connectivity index (χ1n) is 7.50. The molecule has 24 heavy (non-hydrogen) atoms. The van der Waals surface area contributed by atoms with E-state index in [0.29, 0.717) is 16.6 Å². The molecule has 0 radical (unpaired) electrons. The second-order valence-electron chi connectivity index (χ2n) is 5.55. The molecule has 2 aromatic carbocycles. The molecule has 0 aliphatic rings. The average molecular weight is 367 g/mol. The molecule has 0 saturated heterocycles. The second kappa shape index (κ2) is 8.27. The highest BCUT2D eigenvalue weighted by Crippen LogP contribution is 2.25. The van der Waals surface area contributed by atoms with Crippen LogP contribution < -0.4 is 10.1 Å². The highest BCUT2D eigenvalue weighted by Gasteiger charge is 2.14. The van der Waals surface area contributed by atoms with Crippen LogP contribution in [0.4, 0.5) is 4.79 Å². The lowest BCUT2D eigenvalue weighted by atomic mass is 10.1. The van der Waals surface area contributed by atoms with E-state index in [0.717, 1.165) is 16.9 Å². The number of halogens is 2. The lowest BCUT2D eigenvalue weighted by Gasteiger charge is -2.22. The van der Waals surface area contributed by atoms with E-state index in [1.807, 2.05) is 37.3 Å². The quantitative estimate of drug-likeness (QED) is 0.816. The number of carbonyl (C=O) groups is 1. The number of nitrogens with zero attached hydrogens (tertiary/aromatic N) is 1. The third-order valence-corrected chi connectivity index (χ3v) is 4.42. The van der Waals surface area contributed by atoms with Gasteiger partial charge in [-0.25, -0.2) is 4.79 Å². The summed E-state index contributed by atoms with van der Waals surface area (Å²) in [4.78, 5) is 14.0. The molecule has 1 unspecified atom stereocenters. The molecule has 2 amide bonds. The molecule has 128 valence electrons. The average Bonchev–Trinajstić information content (AvgIpc) is 2.57. The predicted molar refractivity (Wildman–Crippen MR) is 97.9 cm³/mol. The molecule has 6 heteroatoms. The molecule has 0 saturated carbocycles. The fraction of sp³-hybridized carbons (Fsp3) is 0.278. The Morgan fingerprint density at radius 3 is 2.62 bits per heavy atom. The number of methoxy groups -OCH3 is 1. The van der Waals surface area contributed by atoms with E-state index in [1.165, 1.54) is 0 Å². The Kier molecular flexibility index (Phi) is 6.35. The molecular formula is C18H20Cl2N2O2. The molecule has 0 heterocycles. The number of carbonyl (C=O) groups excluding carboxylic acids is 1. The van der Waals surface area contributed by atoms with Crippen LogP contribution in [0.1, 0.15) is 24.1 Å². The molecule has 0 fully saturated rings. The van der Waals surface area contributed by atoms with Gasteiger partial charge in [0.2, 0.25) is 0 Å². The van der Waals surface area contributed by atoms with Gasteiger partial charge in [0.25, 0.3) is 0 Å². The minimum Gasteiger partial charge on any atom is -0.497 e. The number of hydrogen-bond donors (Lipinski definition) is 1. The summed E-state index contributed by atoms with van der Waals surface area (Å²) >= 11 is 11.9. The minimum atomic E-state index is -0.181. The lowest BCUT2D eigenvalue weighted by Crippen LogP contribution is -2.38. The van der Waals surface area contributed by atoms with Gasteiger partial charge in [-0.15, -0.1) is 0 Å². The summed E-state index contributed by atoms with van der Waals surface area (Å²) < 4.78 is 5.20. The largest absolute Gasteiger partial charge is 0.497 e. The number of rotatable bonds is 5. The molecule has 4 nitrogen and oxygen atoms in total. The van der Waals surface area contributed by atoms with Gasteiger partial charge < -0.3 is 15.0 Å². The zero-order valence-electron chi connectivity index (χ0n) is 13.8. The highest BCUT2D eigenvalue weighted by atomic mass is 35.5. The van der Waals surface area contributed by atoms with Gasteiger partial charge in [-0.1, -0.05) is 41.4 Å². The predicted octanol–water partition coefficient (Wildman–Crippen LogP) is 4.90. The molecule has 0 spiro atoms. The number of benzene rings is 2. The smallest absolute Gasteiger partial charge is 0.317 e. The van der Waals surface area contributed by atoms with E-state index >= 15 is 0 Å². The Hall–Kier alpha value is -1.91. The van der Waals surface area contributed by atoms with Crippen molar-refractivity contribution in [1.82, 2.24) is 10.2 Å². The number of amides is 2. The van der Waals surface area contributed by atoms with E-state index in [2.05, 4.69) is 5.32 Å². The zero-order chi connectivity index (χ0) is 17.7. The number of hydrogen-bond acceptors (Lipinski definition) is 2. The van der Waals surface area contributed by atoms with Crippen molar-refractivity contribution in [3.8, 4) is 5.75 Å². The van der Waals surface area contributed by atoms with Crippen LogP contribution in [0.25, 0.3) is 0 Å². The standard InChI is InChI=1S/C18H20Cl2N2O2/c1-12(14-7-8-16(19)17(20)10-14)21-18(23)22(2)11-13-5-4-6-15(9-13)24-3/h4-10,12H,11H2,1-3H3,(H,21,23). The Morgan fingerprint density at radius 1 is 1.21 bits per heavy atom. The summed E-state index contributed by atoms with van der Waals surface area (Å²) in [5.41, 5.74) is 1.89. The first-order chi connectivity index (χ1) is 11.4. The van der Waals surface area contributed by atoms with Crippen LogP contribution in [-0.2, 0) is 6.54 Å². The Labute approximate surface area is 152 Å². The Morgan fingerprint density at radius 2 is 1.96 bits per heavy atom. The summed E-state index contributed by atoms with van der Waals surface area (Å²) in [7, 11) is 3.37. The highest BCUT2D eigenvalue weighted by molar-refractivity contribution is 6.42. The van der Waals surface area contributed by atoms with Gasteiger partial charge in [-0.05, 0) is 42.3 Å². The molecule has 2 rings (SSSR count). The topological polar surface area (TPSA) is 41.6 Å². The van der Waals surface area contributed by atoms with Gasteiger partial charge in [0.05, 0.1) is 23.2 Å². The molecule has 0 aliphatic carbocycles. The van der Waals surface area contributed by atoms with E-state index < -0.39 is 0 Å². The Balaban J connectivity index is 1.98. The van der Waals surface area contributed by atoms with Crippen LogP contribution in [0.15, 0.2) is 42.5 Å². The lowest BCUT2D eigenvalue weighted by molar-refractivity contribution is 0.203. The molecular weight excluding hydrogens is 347 g/mol. The minimum absolute atomic E-state index is 0.170. The van der Waals surface area contributed by atoms with Crippen molar-refractivity contribution in [1.29, 1.82) is 0 Å². The second-order valence-corrected chi connectivity index (χ2v) is 6.37. The summed E-state index contributed by atoms with van der Waals surface area (Å²) in [6.07, 6.45) is 0. The molecule has 1 N–H and O–H groups in total. The van der Waals surface area contributed by atoms with Crippen molar-refractivity contribution in [2.45, 2.75) is 19.5 Å². The maximum Gasteiger partial charge on any atom is 0.317 e. The van der Waals surface area contributed by atoms with Gasteiger partial charge in [0, 0.05) is 13.6 Å². The fourth-order valence-corrected chi connectivity index (χ4v) is 2.58. The van der Waals surface area contributed by atoms with Crippen molar-refractivity contribution in [3.05, 3.63) is 63.6 Å². The number of nitrogens with one attached hydrogen (secondary N) is 1. The van der Waals surface area contributed by atoms with Crippen LogP contribution >= 0.6 is 23.2 Å². The molecule has 1 atom stereocenters. The maximum atomic E-state index is 12.4. The molecule has 0 bridgehead atoms. The third kappa shape index (κ3) is 4.79. The van der Waals surface area contributed by atoms with Crippen LogP contribution in [0.2, 0.25) is 10.0 Å². The summed E-state index contributed by atoms with van der Waals surface area (Å²) in [5, 5.41) is 3.91. The van der Waals surface area contributed by atoms with Crippen molar-refractivity contribution < 1.29 is 9.53 Å².